The molecule has 4 aromatic carbocycles. The fraction of sp³-hybridized carbons (Fsp3) is 0.328. The first-order valence-electron chi connectivity index (χ1n) is 27.7. The minimum atomic E-state index is -4.72. The largest absolute Gasteiger partial charge is 0.455 e. The maximum Gasteiger partial charge on any atom is 0.298 e. The second kappa shape index (κ2) is 23.4. The zero-order valence-corrected chi connectivity index (χ0v) is 47.6. The normalized spacial score (nSPS) is 19.2. The predicted octanol–water partition coefficient (Wildman–Crippen LogP) is 7.92. The standard InChI is InChI=1S/C61H59ClN10O11S/c1-61(2)22-20-41(48(32-61)38-8-11-42(62)12-9-38)36-68-25-27-69(28-26-68)43-13-15-46(52(30-43)83-44-29-40-21-23-63-56(40)65-34-44)57(75)67-84(81,82)45-14-16-49(51(31-45)72(79)80)64-33-37-5-4-24-70(35-37)54(74)19-10-39-6-3-7-47-55(39)60(78)71(59(47)77)50-17-18-53(73)66-58(50)76/h3,6-9,11-16,21,23,29-31,34,37,50,64H,4-5,17-18,20,22,24-28,32-33,35-36H2,1-2H3,(H,63,65)(H,67,75)(H,66,73,76). The molecule has 4 aliphatic heterocycles. The van der Waals surface area contributed by atoms with Crippen LogP contribution in [0.1, 0.15) is 101 Å². The third-order valence-corrected chi connectivity index (χ3v) is 17.8. The number of nitrogens with one attached hydrogen (secondary N) is 4. The van der Waals surface area contributed by atoms with E-state index < -0.39 is 67.0 Å². The minimum Gasteiger partial charge on any atom is -0.455 e. The number of amides is 6. The number of carbonyl (C=O) groups is 6. The maximum absolute atomic E-state index is 14.2. The molecule has 0 bridgehead atoms. The van der Waals surface area contributed by atoms with Gasteiger partial charge < -0.3 is 24.8 Å². The first-order chi connectivity index (χ1) is 40.3. The number of pyridine rings is 1. The van der Waals surface area contributed by atoms with Gasteiger partial charge >= 0.3 is 0 Å². The molecule has 84 heavy (non-hydrogen) atoms. The number of nitro benzene ring substituents is 1. The van der Waals surface area contributed by atoms with Crippen LogP contribution in [0.5, 0.6) is 11.5 Å². The topological polar surface area (TPSA) is 267 Å². The third-order valence-electron chi connectivity index (χ3n) is 16.2. The van der Waals surface area contributed by atoms with E-state index in [0.717, 1.165) is 67.0 Å². The summed E-state index contributed by atoms with van der Waals surface area (Å²) in [6, 6.07) is 23.1. The number of benzene rings is 4. The zero-order valence-electron chi connectivity index (χ0n) is 46.0. The molecule has 4 N–H and O–H groups in total. The molecule has 3 saturated heterocycles. The van der Waals surface area contributed by atoms with Crippen LogP contribution in [0.3, 0.4) is 0 Å². The van der Waals surface area contributed by atoms with Crippen molar-refractivity contribution in [3.05, 3.63) is 152 Å². The molecule has 0 radical (unpaired) electrons. The molecular formula is C61H59ClN10O11S. The summed E-state index contributed by atoms with van der Waals surface area (Å²) in [6.07, 6.45) is 7.47. The Bertz CT molecular complexity index is 3920. The number of nitro groups is 1. The van der Waals surface area contributed by atoms with Crippen molar-refractivity contribution >= 4 is 90.7 Å². The molecule has 6 amide bonds. The number of piperazine rings is 1. The Hall–Kier alpha value is -8.91. The van der Waals surface area contributed by atoms with Gasteiger partial charge in [0.25, 0.3) is 39.3 Å². The van der Waals surface area contributed by atoms with Gasteiger partial charge in [0.1, 0.15) is 28.9 Å². The number of hydrogen-bond acceptors (Lipinski definition) is 15. The highest BCUT2D eigenvalue weighted by Crippen LogP contribution is 2.44. The lowest BCUT2D eigenvalue weighted by molar-refractivity contribution is -0.384. The van der Waals surface area contributed by atoms with Crippen molar-refractivity contribution < 1.29 is 46.8 Å². The van der Waals surface area contributed by atoms with Crippen molar-refractivity contribution in [1.29, 1.82) is 0 Å². The number of piperidine rings is 2. The van der Waals surface area contributed by atoms with Gasteiger partial charge in [-0.3, -0.25) is 54.0 Å². The average Bonchev–Trinajstić information content (AvgIpc) is 3.21. The van der Waals surface area contributed by atoms with E-state index in [1.807, 2.05) is 18.2 Å². The molecule has 2 aromatic heterocycles. The Morgan fingerprint density at radius 1 is 0.929 bits per heavy atom. The van der Waals surface area contributed by atoms with E-state index >= 15 is 0 Å². The molecule has 0 spiro atoms. The van der Waals surface area contributed by atoms with E-state index in [1.165, 1.54) is 58.1 Å². The van der Waals surface area contributed by atoms with Crippen LogP contribution in [-0.4, -0.2) is 132 Å². The number of aromatic nitrogens is 2. The summed E-state index contributed by atoms with van der Waals surface area (Å²) in [5.74, 6) is 1.16. The number of ether oxygens (including phenoxy) is 1. The number of aromatic amines is 1. The van der Waals surface area contributed by atoms with Gasteiger partial charge in [-0.25, -0.2) is 18.1 Å². The highest BCUT2D eigenvalue weighted by atomic mass is 35.5. The second-order valence-corrected chi connectivity index (χ2v) is 24.6. The SMILES string of the molecule is CC1(C)CCC(CN2CCN(c3ccc(C(=O)NS(=O)(=O)c4ccc(NCC5CCCN(C(=O)C#Cc6cccc7c6C(=O)N(C6CCC(=O)NC6=O)C7=O)C5)c([N+](=O)[O-])c4)c(Oc4cnc5[nH]ccc5c4)c3)CC2)=C(c2ccc(Cl)cc2)C1. The van der Waals surface area contributed by atoms with Gasteiger partial charge in [0, 0.05) is 105 Å². The van der Waals surface area contributed by atoms with E-state index in [0.29, 0.717) is 48.9 Å². The van der Waals surface area contributed by atoms with Crippen LogP contribution in [0.4, 0.5) is 17.1 Å². The molecule has 2 atom stereocenters. The van der Waals surface area contributed by atoms with Gasteiger partial charge in [0.05, 0.1) is 32.7 Å². The van der Waals surface area contributed by atoms with Gasteiger partial charge in [0.15, 0.2) is 0 Å². The summed E-state index contributed by atoms with van der Waals surface area (Å²) in [7, 11) is -4.72. The molecule has 432 valence electrons. The molecule has 3 fully saturated rings. The third kappa shape index (κ3) is 12.1. The number of H-pyrrole nitrogens is 1. The van der Waals surface area contributed by atoms with Crippen LogP contribution in [-0.2, 0) is 24.4 Å². The molecule has 6 heterocycles. The van der Waals surface area contributed by atoms with Crippen LogP contribution in [0.25, 0.3) is 16.6 Å². The van der Waals surface area contributed by atoms with Gasteiger partial charge in [-0.1, -0.05) is 55.1 Å². The fourth-order valence-corrected chi connectivity index (χ4v) is 12.8. The summed E-state index contributed by atoms with van der Waals surface area (Å²) in [5.41, 5.74) is 5.02. The van der Waals surface area contributed by atoms with E-state index in [4.69, 9.17) is 16.3 Å². The van der Waals surface area contributed by atoms with Gasteiger partial charge in [-0.05, 0) is 122 Å². The molecule has 0 saturated carbocycles. The fourth-order valence-electron chi connectivity index (χ4n) is 11.7. The van der Waals surface area contributed by atoms with E-state index in [9.17, 15) is 47.3 Å². The van der Waals surface area contributed by atoms with Crippen molar-refractivity contribution in [3.63, 3.8) is 0 Å². The van der Waals surface area contributed by atoms with Crippen LogP contribution >= 0.6 is 11.6 Å². The van der Waals surface area contributed by atoms with Gasteiger partial charge in [-0.2, -0.15) is 0 Å². The van der Waals surface area contributed by atoms with Crippen LogP contribution in [0.2, 0.25) is 5.02 Å². The molecule has 6 aromatic rings. The van der Waals surface area contributed by atoms with Crippen LogP contribution < -0.4 is 25.0 Å². The number of carbonyl (C=O) groups excluding carboxylic acids is 6. The van der Waals surface area contributed by atoms with Crippen molar-refractivity contribution in [2.45, 2.75) is 69.7 Å². The number of rotatable bonds is 14. The highest BCUT2D eigenvalue weighted by molar-refractivity contribution is 7.90. The lowest BCUT2D eigenvalue weighted by Crippen LogP contribution is -2.54. The Balaban J connectivity index is 0.748. The molecule has 2 unspecified atom stereocenters. The molecule has 21 nitrogen and oxygen atoms in total. The quantitative estimate of drug-likeness (QED) is 0.0349. The smallest absolute Gasteiger partial charge is 0.298 e. The van der Waals surface area contributed by atoms with Crippen LogP contribution in [0.15, 0.2) is 114 Å². The Kier molecular flexibility index (Phi) is 15.9. The van der Waals surface area contributed by atoms with E-state index in [2.05, 4.69) is 72.9 Å². The van der Waals surface area contributed by atoms with Gasteiger partial charge in [0.2, 0.25) is 11.8 Å². The molecule has 11 rings (SSSR count). The molecular weight excluding hydrogens is 1120 g/mol. The Labute approximate surface area is 488 Å². The first-order valence-corrected chi connectivity index (χ1v) is 29.6. The Morgan fingerprint density at radius 2 is 1.73 bits per heavy atom. The average molecular weight is 1180 g/mol. The number of nitrogens with zero attached hydrogens (tertiary/aromatic N) is 6. The van der Waals surface area contributed by atoms with Crippen LogP contribution in [0, 0.1) is 33.3 Å². The van der Waals surface area contributed by atoms with Crippen molar-refractivity contribution in [1.82, 2.24) is 34.7 Å². The van der Waals surface area contributed by atoms with E-state index in [1.54, 1.807) is 24.4 Å². The number of anilines is 2. The molecule has 5 aliphatic rings. The second-order valence-electron chi connectivity index (χ2n) is 22.5. The summed E-state index contributed by atoms with van der Waals surface area (Å²) in [5, 5.41) is 19.2. The first kappa shape index (κ1) is 56.9. The number of imide groups is 2. The van der Waals surface area contributed by atoms with Crippen molar-refractivity contribution in [3.8, 4) is 23.3 Å². The minimum absolute atomic E-state index is 0.00919. The number of likely N-dealkylation sites (tertiary alicyclic amines) is 1. The van der Waals surface area contributed by atoms with E-state index in [-0.39, 0.29) is 71.0 Å². The lowest BCUT2D eigenvalue weighted by Gasteiger charge is -2.39. The monoisotopic (exact) mass is 1170 g/mol. The van der Waals surface area contributed by atoms with Crippen molar-refractivity contribution in [2.75, 3.05) is 62.6 Å². The predicted molar refractivity (Wildman–Crippen MR) is 313 cm³/mol. The number of hydrogen-bond donors (Lipinski definition) is 4. The number of halogens is 1. The summed E-state index contributed by atoms with van der Waals surface area (Å²) < 4.78 is 36.5. The lowest BCUT2D eigenvalue weighted by atomic mass is 9.72. The molecule has 1 aliphatic carbocycles. The van der Waals surface area contributed by atoms with Gasteiger partial charge in [-0.15, -0.1) is 0 Å². The summed E-state index contributed by atoms with van der Waals surface area (Å²) in [4.78, 5) is 105. The number of fused-ring (bicyclic) bond motifs is 2. The summed E-state index contributed by atoms with van der Waals surface area (Å²) >= 11 is 6.26. The highest BCUT2D eigenvalue weighted by Gasteiger charge is 2.45. The maximum atomic E-state index is 14.2. The Morgan fingerprint density at radius 3 is 2.50 bits per heavy atom. The summed E-state index contributed by atoms with van der Waals surface area (Å²) in [6.45, 7) is 9.10. The number of allylic oxidation sites excluding steroid dienone is 1. The zero-order chi connectivity index (χ0) is 59.0. The molecule has 23 heteroatoms. The number of sulfonamides is 1. The van der Waals surface area contributed by atoms with Crippen molar-refractivity contribution in [2.24, 2.45) is 11.3 Å².